The first-order valence-electron chi connectivity index (χ1n) is 9.59. The second-order valence-corrected chi connectivity index (χ2v) is 17.6. The standard InChI is InChI=1S/C10H22N2.C10H19.Sb/c1-9(2,3)11-7-8-12-10(4,5)6;1-6-7(2)9(4)10(5)8(6)3;/h7-8H2,1-6H3;6-9H,1-5H3;/q-2;;+2. The van der Waals surface area contributed by atoms with Crippen LogP contribution in [-0.2, 0) is 0 Å². The molecule has 1 aliphatic carbocycles. The first-order chi connectivity index (χ1) is 10.2. The van der Waals surface area contributed by atoms with Crippen LogP contribution in [0.2, 0.25) is 3.36 Å². The van der Waals surface area contributed by atoms with Gasteiger partial charge in [-0.1, -0.05) is 0 Å². The van der Waals surface area contributed by atoms with Gasteiger partial charge < -0.3 is 0 Å². The quantitative estimate of drug-likeness (QED) is 0.539. The van der Waals surface area contributed by atoms with Crippen molar-refractivity contribution in [1.82, 2.24) is 6.12 Å². The molecule has 1 aliphatic heterocycles. The topological polar surface area (TPSA) is 6.48 Å². The van der Waals surface area contributed by atoms with Crippen molar-refractivity contribution < 1.29 is 0 Å². The Labute approximate surface area is 154 Å². The Morgan fingerprint density at radius 3 is 1.30 bits per heavy atom. The van der Waals surface area contributed by atoms with Crippen molar-refractivity contribution in [1.29, 1.82) is 0 Å². The molecule has 4 atom stereocenters. The summed E-state index contributed by atoms with van der Waals surface area (Å²) in [6.45, 7) is 30.0. The molecule has 0 aromatic rings. The van der Waals surface area contributed by atoms with E-state index in [4.69, 9.17) is 0 Å². The van der Waals surface area contributed by atoms with Gasteiger partial charge in [-0.05, 0) is 0 Å². The van der Waals surface area contributed by atoms with Crippen LogP contribution in [0.1, 0.15) is 76.2 Å². The molecule has 23 heavy (non-hydrogen) atoms. The molecule has 2 rings (SSSR count). The van der Waals surface area contributed by atoms with E-state index in [2.05, 4.69) is 82.3 Å². The summed E-state index contributed by atoms with van der Waals surface area (Å²) in [5.74, 6) is 3.37. The number of nitrogens with zero attached hydrogens (tertiary/aromatic N) is 2. The molecule has 2 aliphatic rings. The van der Waals surface area contributed by atoms with Crippen LogP contribution in [0.3, 0.4) is 0 Å². The molecule has 136 valence electrons. The average molecular weight is 431 g/mol. The van der Waals surface area contributed by atoms with E-state index < -0.39 is 20.8 Å². The molecule has 0 aromatic heterocycles. The van der Waals surface area contributed by atoms with Gasteiger partial charge in [0.15, 0.2) is 0 Å². The fourth-order valence-electron chi connectivity index (χ4n) is 5.02. The van der Waals surface area contributed by atoms with E-state index in [0.29, 0.717) is 14.4 Å². The maximum absolute atomic E-state index is 2.98. The van der Waals surface area contributed by atoms with E-state index in [0.717, 1.165) is 23.7 Å². The third-order valence-corrected chi connectivity index (χ3v) is 19.2. The molecule has 0 aromatic carbocycles. The van der Waals surface area contributed by atoms with Crippen LogP contribution in [-0.4, -0.2) is 51.0 Å². The molecule has 2 nitrogen and oxygen atoms in total. The molecule has 3 heteroatoms. The number of hydrogen-bond acceptors (Lipinski definition) is 2. The summed E-state index contributed by atoms with van der Waals surface area (Å²) in [5.41, 5.74) is 0.612. The van der Waals surface area contributed by atoms with Gasteiger partial charge in [0.25, 0.3) is 0 Å². The maximum atomic E-state index is 2.98. The Hall–Kier alpha value is 0.738. The van der Waals surface area contributed by atoms with E-state index in [-0.39, 0.29) is 0 Å². The zero-order valence-electron chi connectivity index (χ0n) is 17.6. The fraction of sp³-hybridized carbons (Fsp3) is 1.00. The predicted molar refractivity (Wildman–Crippen MR) is 104 cm³/mol. The van der Waals surface area contributed by atoms with Crippen molar-refractivity contribution in [3.8, 4) is 0 Å². The van der Waals surface area contributed by atoms with Gasteiger partial charge >= 0.3 is 154 Å². The SMILES string of the molecule is CC1C(C)C(C)[C](C)([Sb]2[N](C(C)(C)C)CC[N]2C(C)(C)C)C1C. The van der Waals surface area contributed by atoms with Gasteiger partial charge in [0.1, 0.15) is 0 Å². The van der Waals surface area contributed by atoms with Crippen LogP contribution in [0.5, 0.6) is 0 Å². The second kappa shape index (κ2) is 6.17. The summed E-state index contributed by atoms with van der Waals surface area (Å²) in [5, 5.41) is 0. The van der Waals surface area contributed by atoms with Gasteiger partial charge in [-0.25, -0.2) is 0 Å². The molecule has 0 radical (unpaired) electrons. The van der Waals surface area contributed by atoms with Crippen LogP contribution >= 0.6 is 0 Å². The Kier molecular flexibility index (Phi) is 5.38. The van der Waals surface area contributed by atoms with Crippen LogP contribution in [0.15, 0.2) is 0 Å². The molecular formula is C20H41N2Sb. The van der Waals surface area contributed by atoms with Gasteiger partial charge in [0.2, 0.25) is 0 Å². The number of hydrogen-bond donors (Lipinski definition) is 0. The molecule has 1 heterocycles. The zero-order chi connectivity index (χ0) is 18.0. The molecule has 0 N–H and O–H groups in total. The average Bonchev–Trinajstić information content (AvgIpc) is 2.92. The van der Waals surface area contributed by atoms with Crippen LogP contribution < -0.4 is 0 Å². The van der Waals surface area contributed by atoms with Gasteiger partial charge in [-0.2, -0.15) is 0 Å². The molecule has 0 bridgehead atoms. The molecule has 0 spiro atoms. The van der Waals surface area contributed by atoms with E-state index in [1.54, 1.807) is 0 Å². The Bertz CT molecular complexity index is 398. The summed E-state index contributed by atoms with van der Waals surface area (Å²) in [6, 6.07) is 0. The van der Waals surface area contributed by atoms with Crippen molar-refractivity contribution in [2.24, 2.45) is 23.7 Å². The second-order valence-electron chi connectivity index (χ2n) is 10.4. The van der Waals surface area contributed by atoms with Gasteiger partial charge in [0, 0.05) is 0 Å². The zero-order valence-corrected chi connectivity index (χ0v) is 20.1. The number of rotatable bonds is 1. The predicted octanol–water partition coefficient (Wildman–Crippen LogP) is 5.01. The first-order valence-corrected chi connectivity index (χ1v) is 13.1. The van der Waals surface area contributed by atoms with E-state index >= 15 is 0 Å². The van der Waals surface area contributed by atoms with Gasteiger partial charge in [0.05, 0.1) is 0 Å². The van der Waals surface area contributed by atoms with Gasteiger partial charge in [-0.3, -0.25) is 0 Å². The first kappa shape index (κ1) is 20.1. The van der Waals surface area contributed by atoms with Crippen LogP contribution in [0.25, 0.3) is 0 Å². The molecule has 1 saturated heterocycles. The summed E-state index contributed by atoms with van der Waals surface area (Å²) in [7, 11) is 0. The van der Waals surface area contributed by atoms with Crippen LogP contribution in [0.4, 0.5) is 0 Å². The van der Waals surface area contributed by atoms with Gasteiger partial charge in [-0.15, -0.1) is 0 Å². The van der Waals surface area contributed by atoms with E-state index in [1.165, 1.54) is 13.1 Å². The minimum atomic E-state index is -1.83. The minimum absolute atomic E-state index is 0.306. The summed E-state index contributed by atoms with van der Waals surface area (Å²) in [4.78, 5) is 0. The summed E-state index contributed by atoms with van der Waals surface area (Å²) < 4.78 is 6.50. The van der Waals surface area contributed by atoms with Crippen molar-refractivity contribution >= 4 is 20.8 Å². The fourth-order valence-corrected chi connectivity index (χ4v) is 17.0. The molecule has 4 unspecified atom stereocenters. The summed E-state index contributed by atoms with van der Waals surface area (Å²) >= 11 is -1.83. The van der Waals surface area contributed by atoms with Crippen LogP contribution in [0, 0.1) is 23.7 Å². The van der Waals surface area contributed by atoms with E-state index in [1.807, 2.05) is 0 Å². The van der Waals surface area contributed by atoms with Crippen molar-refractivity contribution in [2.45, 2.75) is 90.6 Å². The van der Waals surface area contributed by atoms with Crippen molar-refractivity contribution in [2.75, 3.05) is 13.1 Å². The third kappa shape index (κ3) is 3.15. The normalized spacial score (nSPS) is 41.9. The Morgan fingerprint density at radius 2 is 1.04 bits per heavy atom. The third-order valence-electron chi connectivity index (χ3n) is 7.21. The Balaban J connectivity index is 2.53. The van der Waals surface area contributed by atoms with Crippen molar-refractivity contribution in [3.63, 3.8) is 0 Å². The molecule has 2 fully saturated rings. The Morgan fingerprint density at radius 1 is 0.739 bits per heavy atom. The molecule has 0 amide bonds. The monoisotopic (exact) mass is 430 g/mol. The van der Waals surface area contributed by atoms with Crippen molar-refractivity contribution in [3.05, 3.63) is 0 Å². The molecular weight excluding hydrogens is 390 g/mol. The van der Waals surface area contributed by atoms with E-state index in [9.17, 15) is 0 Å². The summed E-state index contributed by atoms with van der Waals surface area (Å²) in [6.07, 6.45) is 0. The molecule has 1 saturated carbocycles.